The number of rotatable bonds is 7. The molecule has 18 heavy (non-hydrogen) atoms. The van der Waals surface area contributed by atoms with Crippen molar-refractivity contribution in [2.75, 3.05) is 31.7 Å². The maximum absolute atomic E-state index is 9.06. The van der Waals surface area contributed by atoms with E-state index in [1.807, 2.05) is 17.9 Å². The highest BCUT2D eigenvalue weighted by Gasteiger charge is 2.10. The van der Waals surface area contributed by atoms with E-state index < -0.39 is 0 Å². The minimum Gasteiger partial charge on any atom is -0.392 e. The van der Waals surface area contributed by atoms with E-state index in [0.717, 1.165) is 16.9 Å². The van der Waals surface area contributed by atoms with E-state index in [-0.39, 0.29) is 6.61 Å². The molecule has 0 fully saturated rings. The Morgan fingerprint density at radius 3 is 2.83 bits per heavy atom. The third-order valence-electron chi connectivity index (χ3n) is 2.65. The Morgan fingerprint density at radius 2 is 2.28 bits per heavy atom. The molecule has 1 N–H and O–H groups in total. The van der Waals surface area contributed by atoms with Crippen LogP contribution in [-0.2, 0) is 11.3 Å². The summed E-state index contributed by atoms with van der Waals surface area (Å²) < 4.78 is 5.07. The number of pyridine rings is 1. The van der Waals surface area contributed by atoms with E-state index in [0.29, 0.717) is 26.1 Å². The van der Waals surface area contributed by atoms with Gasteiger partial charge in [-0.05, 0) is 24.1 Å². The van der Waals surface area contributed by atoms with Crippen LogP contribution in [0.2, 0.25) is 0 Å². The van der Waals surface area contributed by atoms with Crippen LogP contribution >= 0.6 is 0 Å². The van der Waals surface area contributed by atoms with Crippen LogP contribution in [0.3, 0.4) is 0 Å². The molecule has 0 saturated heterocycles. The Kier molecular flexibility index (Phi) is 6.12. The molecule has 0 atom stereocenters. The van der Waals surface area contributed by atoms with Crippen molar-refractivity contribution >= 4 is 5.82 Å². The molecule has 0 aliphatic rings. The van der Waals surface area contributed by atoms with Crippen LogP contribution in [0.5, 0.6) is 0 Å². The van der Waals surface area contributed by atoms with Gasteiger partial charge in [0, 0.05) is 26.4 Å². The van der Waals surface area contributed by atoms with Crippen LogP contribution < -0.4 is 4.90 Å². The van der Waals surface area contributed by atoms with Crippen LogP contribution in [0.15, 0.2) is 12.3 Å². The van der Waals surface area contributed by atoms with Crippen molar-refractivity contribution in [2.45, 2.75) is 20.0 Å². The molecule has 1 heterocycles. The second-order valence-electron chi connectivity index (χ2n) is 4.03. The Balaban J connectivity index is 2.86. The summed E-state index contributed by atoms with van der Waals surface area (Å²) in [6.07, 6.45) is 2.11. The van der Waals surface area contributed by atoms with E-state index in [4.69, 9.17) is 15.1 Å². The fourth-order valence-corrected chi connectivity index (χ4v) is 1.75. The molecule has 5 nitrogen and oxygen atoms in total. The Bertz CT molecular complexity index is 415. The van der Waals surface area contributed by atoms with Gasteiger partial charge in [0.05, 0.1) is 25.7 Å². The predicted molar refractivity (Wildman–Crippen MR) is 69.2 cm³/mol. The number of hydrogen-bond acceptors (Lipinski definition) is 5. The summed E-state index contributed by atoms with van der Waals surface area (Å²) in [6, 6.07) is 4.05. The number of aromatic nitrogens is 1. The average Bonchev–Trinajstić information content (AvgIpc) is 2.39. The maximum Gasteiger partial charge on any atom is 0.131 e. The fraction of sp³-hybridized carbons (Fsp3) is 0.538. The normalized spacial score (nSPS) is 10.1. The summed E-state index contributed by atoms with van der Waals surface area (Å²) in [5.41, 5.74) is 1.79. The summed E-state index contributed by atoms with van der Waals surface area (Å²) in [6.45, 7) is 3.86. The molecule has 1 rings (SSSR count). The topological polar surface area (TPSA) is 69.4 Å². The Labute approximate surface area is 108 Å². The molecule has 1 aromatic heterocycles. The van der Waals surface area contributed by atoms with Crippen molar-refractivity contribution in [3.05, 3.63) is 23.4 Å². The van der Waals surface area contributed by atoms with Gasteiger partial charge in [0.2, 0.25) is 0 Å². The molecule has 0 radical (unpaired) electrons. The van der Waals surface area contributed by atoms with Gasteiger partial charge in [-0.2, -0.15) is 5.26 Å². The molecule has 0 bridgehead atoms. The zero-order chi connectivity index (χ0) is 13.4. The number of ether oxygens (including phenoxy) is 1. The van der Waals surface area contributed by atoms with Gasteiger partial charge in [0.25, 0.3) is 0 Å². The van der Waals surface area contributed by atoms with Crippen LogP contribution in [0.25, 0.3) is 0 Å². The number of methoxy groups -OCH3 is 1. The lowest BCUT2D eigenvalue weighted by molar-refractivity contribution is 0.205. The molecule has 0 unspecified atom stereocenters. The van der Waals surface area contributed by atoms with Gasteiger partial charge >= 0.3 is 0 Å². The summed E-state index contributed by atoms with van der Waals surface area (Å²) in [5, 5.41) is 17.7. The highest BCUT2D eigenvalue weighted by atomic mass is 16.5. The van der Waals surface area contributed by atoms with Crippen LogP contribution in [0.4, 0.5) is 5.82 Å². The lowest BCUT2D eigenvalue weighted by Crippen LogP contribution is -2.29. The fourth-order valence-electron chi connectivity index (χ4n) is 1.75. The molecule has 0 spiro atoms. The van der Waals surface area contributed by atoms with Crippen molar-refractivity contribution in [3.8, 4) is 6.07 Å². The van der Waals surface area contributed by atoms with Crippen molar-refractivity contribution < 1.29 is 9.84 Å². The number of nitriles is 1. The zero-order valence-corrected chi connectivity index (χ0v) is 10.9. The third-order valence-corrected chi connectivity index (χ3v) is 2.65. The quantitative estimate of drug-likeness (QED) is 0.787. The first-order chi connectivity index (χ1) is 8.72. The van der Waals surface area contributed by atoms with E-state index in [9.17, 15) is 0 Å². The Hall–Kier alpha value is -1.64. The maximum atomic E-state index is 9.06. The van der Waals surface area contributed by atoms with Crippen LogP contribution in [0.1, 0.15) is 17.5 Å². The molecule has 0 aliphatic carbocycles. The highest BCUT2D eigenvalue weighted by molar-refractivity contribution is 5.47. The van der Waals surface area contributed by atoms with Gasteiger partial charge in [-0.25, -0.2) is 4.98 Å². The monoisotopic (exact) mass is 249 g/mol. The van der Waals surface area contributed by atoms with Gasteiger partial charge in [0.15, 0.2) is 0 Å². The lowest BCUT2D eigenvalue weighted by Gasteiger charge is -2.24. The third kappa shape index (κ3) is 3.99. The predicted octanol–water partition coefficient (Wildman–Crippen LogP) is 1.25. The number of hydrogen-bond donors (Lipinski definition) is 1. The first-order valence-electron chi connectivity index (χ1n) is 5.90. The molecular formula is C13H19N3O2. The van der Waals surface area contributed by atoms with Crippen LogP contribution in [-0.4, -0.2) is 36.9 Å². The molecule has 5 heteroatoms. The van der Waals surface area contributed by atoms with E-state index in [2.05, 4.69) is 11.1 Å². The molecule has 0 saturated carbocycles. The number of nitrogens with zero attached hydrogens (tertiary/aromatic N) is 3. The van der Waals surface area contributed by atoms with Gasteiger partial charge < -0.3 is 14.7 Å². The zero-order valence-electron chi connectivity index (χ0n) is 10.9. The summed E-state index contributed by atoms with van der Waals surface area (Å²) in [5.74, 6) is 0.847. The van der Waals surface area contributed by atoms with Gasteiger partial charge in [-0.1, -0.05) is 0 Å². The number of aliphatic hydroxyl groups excluding tert-OH is 1. The molecule has 0 amide bonds. The van der Waals surface area contributed by atoms with Crippen molar-refractivity contribution in [1.29, 1.82) is 5.26 Å². The molecule has 1 aromatic rings. The first kappa shape index (κ1) is 14.4. The summed E-state index contributed by atoms with van der Waals surface area (Å²) in [4.78, 5) is 6.39. The van der Waals surface area contributed by atoms with E-state index in [1.54, 1.807) is 13.3 Å². The number of aryl methyl sites for hydroxylation is 1. The van der Waals surface area contributed by atoms with Crippen molar-refractivity contribution in [3.63, 3.8) is 0 Å². The van der Waals surface area contributed by atoms with Crippen LogP contribution in [0, 0.1) is 18.3 Å². The lowest BCUT2D eigenvalue weighted by atomic mass is 10.2. The highest BCUT2D eigenvalue weighted by Crippen LogP contribution is 2.18. The number of anilines is 1. The number of aliphatic hydroxyl groups is 1. The van der Waals surface area contributed by atoms with Crippen molar-refractivity contribution in [1.82, 2.24) is 4.98 Å². The first-order valence-corrected chi connectivity index (χ1v) is 5.90. The van der Waals surface area contributed by atoms with Crippen molar-refractivity contribution in [2.24, 2.45) is 0 Å². The smallest absolute Gasteiger partial charge is 0.131 e. The molecule has 0 aliphatic heterocycles. The molecular weight excluding hydrogens is 230 g/mol. The minimum atomic E-state index is -0.00954. The van der Waals surface area contributed by atoms with Gasteiger partial charge in [0.1, 0.15) is 5.82 Å². The van der Waals surface area contributed by atoms with Gasteiger partial charge in [-0.3, -0.25) is 0 Å². The molecule has 0 aromatic carbocycles. The molecule has 98 valence electrons. The second kappa shape index (κ2) is 7.64. The van der Waals surface area contributed by atoms with E-state index >= 15 is 0 Å². The van der Waals surface area contributed by atoms with E-state index in [1.165, 1.54) is 0 Å². The second-order valence-corrected chi connectivity index (χ2v) is 4.03. The SMILES string of the molecule is COCCN(CCC#N)c1ncc(CO)cc1C. The average molecular weight is 249 g/mol. The Morgan fingerprint density at radius 1 is 1.50 bits per heavy atom. The largest absolute Gasteiger partial charge is 0.392 e. The minimum absolute atomic E-state index is 0.00954. The standard InChI is InChI=1S/C13H19N3O2/c1-11-8-12(10-17)9-15-13(11)16(5-3-4-14)6-7-18-2/h8-9,17H,3,5-7,10H2,1-2H3. The van der Waals surface area contributed by atoms with Gasteiger partial charge in [-0.15, -0.1) is 0 Å². The summed E-state index contributed by atoms with van der Waals surface area (Å²) in [7, 11) is 1.65. The summed E-state index contributed by atoms with van der Waals surface area (Å²) >= 11 is 0.